The van der Waals surface area contributed by atoms with Crippen molar-refractivity contribution in [3.63, 3.8) is 0 Å². The summed E-state index contributed by atoms with van der Waals surface area (Å²) in [4.78, 5) is 11.4. The second-order valence-corrected chi connectivity index (χ2v) is 4.14. The molecule has 1 rings (SSSR count). The van der Waals surface area contributed by atoms with Gasteiger partial charge in [0.2, 0.25) is 0 Å². The summed E-state index contributed by atoms with van der Waals surface area (Å²) in [6.07, 6.45) is 3.66. The standard InChI is InChI=1S/C15H20O5/c1-3-5-6-10-19-15(17)20-12-7-8-14(13(16)11-12)18-9-4-2/h4,7-8,11,16H,2-3,5-6,9-10H2,1H3. The Hall–Kier alpha value is -2.17. The number of hydrogen-bond donors (Lipinski definition) is 1. The third-order valence-corrected chi connectivity index (χ3v) is 2.46. The van der Waals surface area contributed by atoms with Crippen LogP contribution in [0.1, 0.15) is 26.2 Å². The minimum absolute atomic E-state index is 0.108. The van der Waals surface area contributed by atoms with Crippen molar-refractivity contribution >= 4 is 6.16 Å². The fourth-order valence-electron chi connectivity index (χ4n) is 1.46. The van der Waals surface area contributed by atoms with Gasteiger partial charge in [0.15, 0.2) is 11.5 Å². The number of unbranched alkanes of at least 4 members (excludes halogenated alkanes) is 2. The topological polar surface area (TPSA) is 65.0 Å². The lowest BCUT2D eigenvalue weighted by Crippen LogP contribution is -2.11. The second-order valence-electron chi connectivity index (χ2n) is 4.14. The summed E-state index contributed by atoms with van der Waals surface area (Å²) < 4.78 is 15.0. The van der Waals surface area contributed by atoms with Crippen molar-refractivity contribution in [3.8, 4) is 17.2 Å². The smallest absolute Gasteiger partial charge is 0.504 e. The zero-order valence-corrected chi connectivity index (χ0v) is 11.6. The summed E-state index contributed by atoms with van der Waals surface area (Å²) >= 11 is 0. The summed E-state index contributed by atoms with van der Waals surface area (Å²) in [5.41, 5.74) is 0. The Morgan fingerprint density at radius 1 is 1.40 bits per heavy atom. The van der Waals surface area contributed by atoms with Crippen molar-refractivity contribution < 1.29 is 24.1 Å². The SMILES string of the molecule is C=CCOc1ccc(OC(=O)OCCCCC)cc1O. The van der Waals surface area contributed by atoms with Crippen molar-refractivity contribution in [1.82, 2.24) is 0 Å². The normalized spacial score (nSPS) is 9.85. The maximum absolute atomic E-state index is 11.4. The van der Waals surface area contributed by atoms with Crippen LogP contribution in [-0.4, -0.2) is 24.5 Å². The number of carbonyl (C=O) groups is 1. The highest BCUT2D eigenvalue weighted by Crippen LogP contribution is 2.30. The summed E-state index contributed by atoms with van der Waals surface area (Å²) in [5, 5.41) is 9.69. The molecule has 0 atom stereocenters. The van der Waals surface area contributed by atoms with Gasteiger partial charge in [-0.1, -0.05) is 32.4 Å². The summed E-state index contributed by atoms with van der Waals surface area (Å²) in [6, 6.07) is 4.33. The van der Waals surface area contributed by atoms with E-state index in [1.54, 1.807) is 6.08 Å². The molecule has 0 bridgehead atoms. The molecular weight excluding hydrogens is 260 g/mol. The van der Waals surface area contributed by atoms with Gasteiger partial charge in [-0.25, -0.2) is 4.79 Å². The molecule has 0 fully saturated rings. The maximum Gasteiger partial charge on any atom is 0.513 e. The van der Waals surface area contributed by atoms with Crippen molar-refractivity contribution in [3.05, 3.63) is 30.9 Å². The van der Waals surface area contributed by atoms with Gasteiger partial charge in [-0.05, 0) is 18.6 Å². The molecule has 0 unspecified atom stereocenters. The van der Waals surface area contributed by atoms with Crippen LogP contribution in [0.25, 0.3) is 0 Å². The fraction of sp³-hybridized carbons (Fsp3) is 0.400. The lowest BCUT2D eigenvalue weighted by atomic mass is 10.3. The molecule has 0 saturated carbocycles. The number of ether oxygens (including phenoxy) is 3. The highest BCUT2D eigenvalue weighted by Gasteiger charge is 2.09. The van der Waals surface area contributed by atoms with E-state index in [0.29, 0.717) is 12.4 Å². The molecule has 0 aliphatic carbocycles. The van der Waals surface area contributed by atoms with Gasteiger partial charge in [-0.3, -0.25) is 0 Å². The van der Waals surface area contributed by atoms with Crippen molar-refractivity contribution in [2.24, 2.45) is 0 Å². The molecule has 110 valence electrons. The van der Waals surface area contributed by atoms with Crippen LogP contribution >= 0.6 is 0 Å². The number of hydrogen-bond acceptors (Lipinski definition) is 5. The Balaban J connectivity index is 2.45. The quantitative estimate of drug-likeness (QED) is 0.341. The van der Waals surface area contributed by atoms with E-state index >= 15 is 0 Å². The average Bonchev–Trinajstić information content (AvgIpc) is 2.43. The van der Waals surface area contributed by atoms with Gasteiger partial charge < -0.3 is 19.3 Å². The molecule has 20 heavy (non-hydrogen) atoms. The zero-order chi connectivity index (χ0) is 14.8. The number of benzene rings is 1. The Morgan fingerprint density at radius 2 is 2.20 bits per heavy atom. The molecule has 0 aliphatic rings. The Kier molecular flexibility index (Phi) is 7.03. The van der Waals surface area contributed by atoms with Gasteiger partial charge >= 0.3 is 6.16 Å². The molecular formula is C15H20O5. The first kappa shape index (κ1) is 15.9. The highest BCUT2D eigenvalue weighted by molar-refractivity contribution is 5.64. The van der Waals surface area contributed by atoms with Gasteiger partial charge in [0, 0.05) is 6.07 Å². The molecule has 0 saturated heterocycles. The van der Waals surface area contributed by atoms with E-state index in [0.717, 1.165) is 19.3 Å². The number of phenols is 1. The molecule has 0 heterocycles. The van der Waals surface area contributed by atoms with Gasteiger partial charge in [0.25, 0.3) is 0 Å². The van der Waals surface area contributed by atoms with Crippen LogP contribution in [0.2, 0.25) is 0 Å². The van der Waals surface area contributed by atoms with Crippen molar-refractivity contribution in [2.75, 3.05) is 13.2 Å². The molecule has 1 aromatic carbocycles. The van der Waals surface area contributed by atoms with E-state index in [1.807, 2.05) is 0 Å². The summed E-state index contributed by atoms with van der Waals surface area (Å²) in [5.74, 6) is 0.394. The Bertz CT molecular complexity index is 442. The van der Waals surface area contributed by atoms with Crippen LogP contribution in [0.4, 0.5) is 4.79 Å². The molecule has 0 amide bonds. The van der Waals surface area contributed by atoms with E-state index in [2.05, 4.69) is 13.5 Å². The van der Waals surface area contributed by atoms with Crippen LogP contribution in [0.3, 0.4) is 0 Å². The first-order chi connectivity index (χ1) is 9.67. The lowest BCUT2D eigenvalue weighted by Gasteiger charge is -2.08. The second kappa shape index (κ2) is 8.85. The largest absolute Gasteiger partial charge is 0.513 e. The monoisotopic (exact) mass is 280 g/mol. The minimum atomic E-state index is -0.778. The molecule has 0 radical (unpaired) electrons. The van der Waals surface area contributed by atoms with Crippen LogP contribution in [0.15, 0.2) is 30.9 Å². The number of rotatable bonds is 8. The van der Waals surface area contributed by atoms with E-state index in [4.69, 9.17) is 14.2 Å². The first-order valence-electron chi connectivity index (χ1n) is 6.58. The van der Waals surface area contributed by atoms with E-state index in [-0.39, 0.29) is 18.1 Å². The average molecular weight is 280 g/mol. The van der Waals surface area contributed by atoms with Crippen LogP contribution in [0.5, 0.6) is 17.2 Å². The molecule has 5 nitrogen and oxygen atoms in total. The molecule has 0 spiro atoms. The highest BCUT2D eigenvalue weighted by atomic mass is 16.7. The van der Waals surface area contributed by atoms with Gasteiger partial charge in [-0.2, -0.15) is 0 Å². The molecule has 1 aromatic rings. The molecule has 5 heteroatoms. The van der Waals surface area contributed by atoms with Gasteiger partial charge in [-0.15, -0.1) is 0 Å². The van der Waals surface area contributed by atoms with E-state index < -0.39 is 6.16 Å². The third kappa shape index (κ3) is 5.65. The number of aromatic hydroxyl groups is 1. The van der Waals surface area contributed by atoms with Crippen molar-refractivity contribution in [1.29, 1.82) is 0 Å². The zero-order valence-electron chi connectivity index (χ0n) is 11.6. The fourth-order valence-corrected chi connectivity index (χ4v) is 1.46. The van der Waals surface area contributed by atoms with Gasteiger partial charge in [0.05, 0.1) is 6.61 Å². The summed E-state index contributed by atoms with van der Waals surface area (Å²) in [7, 11) is 0. The Morgan fingerprint density at radius 3 is 2.85 bits per heavy atom. The van der Waals surface area contributed by atoms with Crippen LogP contribution in [0, 0.1) is 0 Å². The maximum atomic E-state index is 11.4. The van der Waals surface area contributed by atoms with Gasteiger partial charge in [0.1, 0.15) is 12.4 Å². The number of carbonyl (C=O) groups excluding carboxylic acids is 1. The first-order valence-corrected chi connectivity index (χ1v) is 6.58. The molecule has 1 N–H and O–H groups in total. The summed E-state index contributed by atoms with van der Waals surface area (Å²) in [6.45, 7) is 6.20. The Labute approximate surface area is 118 Å². The third-order valence-electron chi connectivity index (χ3n) is 2.46. The van der Waals surface area contributed by atoms with Crippen LogP contribution < -0.4 is 9.47 Å². The lowest BCUT2D eigenvalue weighted by molar-refractivity contribution is 0.0973. The van der Waals surface area contributed by atoms with Crippen LogP contribution in [-0.2, 0) is 4.74 Å². The predicted octanol–water partition coefficient (Wildman–Crippen LogP) is 3.66. The molecule has 0 aromatic heterocycles. The number of phenolic OH excluding ortho intramolecular Hbond substituents is 1. The minimum Gasteiger partial charge on any atom is -0.504 e. The van der Waals surface area contributed by atoms with Crippen molar-refractivity contribution in [2.45, 2.75) is 26.2 Å². The predicted molar refractivity (Wildman–Crippen MR) is 75.3 cm³/mol. The van der Waals surface area contributed by atoms with E-state index in [1.165, 1.54) is 18.2 Å². The van der Waals surface area contributed by atoms with E-state index in [9.17, 15) is 9.90 Å². The molecule has 0 aliphatic heterocycles.